The van der Waals surface area contributed by atoms with E-state index in [0.717, 1.165) is 30.6 Å². The Balaban J connectivity index is 0.00000120. The fourth-order valence-corrected chi connectivity index (χ4v) is 2.39. The maximum atomic E-state index is 11.4. The summed E-state index contributed by atoms with van der Waals surface area (Å²) in [7, 11) is 2.07. The van der Waals surface area contributed by atoms with Gasteiger partial charge in [0.15, 0.2) is 0 Å². The molecule has 18 heavy (non-hydrogen) atoms. The zero-order valence-corrected chi connectivity index (χ0v) is 10.8. The van der Waals surface area contributed by atoms with E-state index in [0.29, 0.717) is 5.52 Å². The van der Waals surface area contributed by atoms with Crippen molar-refractivity contribution in [2.24, 2.45) is 0 Å². The van der Waals surface area contributed by atoms with Crippen molar-refractivity contribution in [1.29, 1.82) is 0 Å². The molecule has 0 atom stereocenters. The second-order valence-electron chi connectivity index (χ2n) is 4.52. The molecule has 0 radical (unpaired) electrons. The fraction of sp³-hybridized carbons (Fsp3) is 0.333. The Bertz CT molecular complexity index is 705. The van der Waals surface area contributed by atoms with E-state index < -0.39 is 11.1 Å². The Morgan fingerprint density at radius 1 is 1.17 bits per heavy atom. The minimum Gasteiger partial charge on any atom is -0.316 e. The van der Waals surface area contributed by atoms with Gasteiger partial charge >= 0.3 is 11.1 Å². The van der Waals surface area contributed by atoms with Crippen molar-refractivity contribution in [1.82, 2.24) is 14.9 Å². The summed E-state index contributed by atoms with van der Waals surface area (Å²) in [5.41, 5.74) is 2.68. The van der Waals surface area contributed by atoms with Crippen LogP contribution in [0.4, 0.5) is 0 Å². The molecule has 0 unspecified atom stereocenters. The van der Waals surface area contributed by atoms with E-state index in [4.69, 9.17) is 0 Å². The highest BCUT2D eigenvalue weighted by Crippen LogP contribution is 2.23. The lowest BCUT2D eigenvalue weighted by atomic mass is 9.98. The van der Waals surface area contributed by atoms with Gasteiger partial charge in [-0.3, -0.25) is 9.59 Å². The van der Waals surface area contributed by atoms with Crippen molar-refractivity contribution >= 4 is 23.4 Å². The molecule has 0 spiro atoms. The minimum absolute atomic E-state index is 0. The van der Waals surface area contributed by atoms with Crippen LogP contribution in [0.2, 0.25) is 0 Å². The van der Waals surface area contributed by atoms with Crippen LogP contribution in [0.15, 0.2) is 21.7 Å². The van der Waals surface area contributed by atoms with E-state index in [2.05, 4.69) is 21.9 Å². The molecule has 0 saturated heterocycles. The number of H-pyrrole nitrogens is 2. The van der Waals surface area contributed by atoms with Crippen molar-refractivity contribution in [2.45, 2.75) is 13.0 Å². The van der Waals surface area contributed by atoms with Gasteiger partial charge in [-0.25, -0.2) is 0 Å². The molecule has 2 N–H and O–H groups in total. The average Bonchev–Trinajstić information content (AvgIpc) is 2.30. The quantitative estimate of drug-likeness (QED) is 0.688. The molecule has 1 aliphatic rings. The van der Waals surface area contributed by atoms with Gasteiger partial charge in [-0.05, 0) is 30.7 Å². The molecule has 1 aromatic heterocycles. The lowest BCUT2D eigenvalue weighted by Crippen LogP contribution is -2.31. The molecule has 96 valence electrons. The number of hydrogen-bond acceptors (Lipinski definition) is 3. The predicted molar refractivity (Wildman–Crippen MR) is 72.5 cm³/mol. The number of rotatable bonds is 0. The van der Waals surface area contributed by atoms with Crippen molar-refractivity contribution in [3.05, 3.63) is 44.0 Å². The molecule has 0 aliphatic carbocycles. The van der Waals surface area contributed by atoms with Crippen LogP contribution in [-0.2, 0) is 13.0 Å². The lowest BCUT2D eigenvalue weighted by Gasteiger charge is -2.25. The second-order valence-corrected chi connectivity index (χ2v) is 4.52. The molecule has 0 saturated carbocycles. The molecule has 0 fully saturated rings. The van der Waals surface area contributed by atoms with Crippen LogP contribution in [0.25, 0.3) is 11.0 Å². The zero-order valence-electron chi connectivity index (χ0n) is 9.95. The van der Waals surface area contributed by atoms with E-state index >= 15 is 0 Å². The number of aromatic amines is 2. The van der Waals surface area contributed by atoms with Crippen LogP contribution in [0, 0.1) is 0 Å². The van der Waals surface area contributed by atoms with E-state index in [-0.39, 0.29) is 12.4 Å². The molecule has 2 heterocycles. The summed E-state index contributed by atoms with van der Waals surface area (Å²) in [5, 5.41) is 0. The number of aromatic nitrogens is 2. The van der Waals surface area contributed by atoms with Crippen molar-refractivity contribution in [2.75, 3.05) is 13.6 Å². The number of hydrogen-bond donors (Lipinski definition) is 2. The first-order chi connectivity index (χ1) is 8.15. The highest BCUT2D eigenvalue weighted by molar-refractivity contribution is 5.85. The summed E-state index contributed by atoms with van der Waals surface area (Å²) in [6.45, 7) is 1.85. The monoisotopic (exact) mass is 267 g/mol. The number of likely N-dealkylation sites (N-methyl/N-ethyl adjacent to an activating group) is 1. The van der Waals surface area contributed by atoms with Gasteiger partial charge in [-0.15, -0.1) is 12.4 Å². The predicted octanol–water partition coefficient (Wildman–Crippen LogP) is 0.626. The van der Waals surface area contributed by atoms with E-state index in [9.17, 15) is 9.59 Å². The molecule has 1 aromatic carbocycles. The smallest absolute Gasteiger partial charge is 0.314 e. The number of halogens is 1. The second kappa shape index (κ2) is 4.59. The summed E-state index contributed by atoms with van der Waals surface area (Å²) in [6, 6.07) is 3.87. The molecule has 3 rings (SSSR count). The Morgan fingerprint density at radius 3 is 2.67 bits per heavy atom. The molecule has 5 nitrogen and oxygen atoms in total. The van der Waals surface area contributed by atoms with E-state index in [1.807, 2.05) is 12.1 Å². The maximum absolute atomic E-state index is 11.4. The van der Waals surface area contributed by atoms with Gasteiger partial charge in [0.25, 0.3) is 0 Å². The van der Waals surface area contributed by atoms with Crippen LogP contribution < -0.4 is 11.1 Å². The number of fused-ring (bicyclic) bond motifs is 3. The van der Waals surface area contributed by atoms with Gasteiger partial charge in [0.1, 0.15) is 0 Å². The topological polar surface area (TPSA) is 69.0 Å². The first kappa shape index (κ1) is 12.9. The van der Waals surface area contributed by atoms with E-state index in [1.165, 1.54) is 5.56 Å². The standard InChI is InChI=1S/C12H13N3O2.ClH/c1-15-5-4-8-7(6-15)2-3-9-10(8)14-12(17)11(16)13-9;/h2-3H,4-6H2,1H3,(H,13,16)(H,14,17);1H. The summed E-state index contributed by atoms with van der Waals surface area (Å²) < 4.78 is 0. The SMILES string of the molecule is CN1CCc2c(ccc3[nH]c(=O)c(=O)[nH]c23)C1.Cl. The van der Waals surface area contributed by atoms with Crippen LogP contribution in [0.3, 0.4) is 0 Å². The third kappa shape index (κ3) is 1.95. The third-order valence-electron chi connectivity index (χ3n) is 3.29. The van der Waals surface area contributed by atoms with Gasteiger partial charge in [0, 0.05) is 13.1 Å². The normalized spacial score (nSPS) is 15.2. The minimum atomic E-state index is -0.592. The number of nitrogens with zero attached hydrogens (tertiary/aromatic N) is 1. The highest BCUT2D eigenvalue weighted by Gasteiger charge is 2.16. The summed E-state index contributed by atoms with van der Waals surface area (Å²) in [5.74, 6) is 0. The summed E-state index contributed by atoms with van der Waals surface area (Å²) in [4.78, 5) is 30.1. The Labute approximate surface area is 109 Å². The van der Waals surface area contributed by atoms with E-state index in [1.54, 1.807) is 0 Å². The van der Waals surface area contributed by atoms with Crippen LogP contribution >= 0.6 is 12.4 Å². The largest absolute Gasteiger partial charge is 0.316 e. The van der Waals surface area contributed by atoms with Gasteiger partial charge in [-0.1, -0.05) is 6.07 Å². The maximum Gasteiger partial charge on any atom is 0.314 e. The molecule has 0 amide bonds. The first-order valence-electron chi connectivity index (χ1n) is 5.61. The van der Waals surface area contributed by atoms with Gasteiger partial charge in [0.05, 0.1) is 11.0 Å². The highest BCUT2D eigenvalue weighted by atomic mass is 35.5. The Hall–Kier alpha value is -1.59. The molecular weight excluding hydrogens is 254 g/mol. The number of benzene rings is 1. The van der Waals surface area contributed by atoms with Gasteiger partial charge in [0.2, 0.25) is 0 Å². The Kier molecular flexibility index (Phi) is 3.28. The lowest BCUT2D eigenvalue weighted by molar-refractivity contribution is 0.313. The van der Waals surface area contributed by atoms with Crippen molar-refractivity contribution in [3.8, 4) is 0 Å². The van der Waals surface area contributed by atoms with Crippen LogP contribution in [0.1, 0.15) is 11.1 Å². The molecule has 6 heteroatoms. The Morgan fingerprint density at radius 2 is 1.89 bits per heavy atom. The van der Waals surface area contributed by atoms with Crippen LogP contribution in [0.5, 0.6) is 0 Å². The van der Waals surface area contributed by atoms with Gasteiger partial charge in [-0.2, -0.15) is 0 Å². The molecular formula is C12H14ClN3O2. The summed E-state index contributed by atoms with van der Waals surface area (Å²) in [6.07, 6.45) is 0.894. The molecule has 1 aliphatic heterocycles. The van der Waals surface area contributed by atoms with Crippen LogP contribution in [-0.4, -0.2) is 28.5 Å². The summed E-state index contributed by atoms with van der Waals surface area (Å²) >= 11 is 0. The van der Waals surface area contributed by atoms with Gasteiger partial charge < -0.3 is 14.9 Å². The molecule has 0 bridgehead atoms. The molecule has 2 aromatic rings. The third-order valence-corrected chi connectivity index (χ3v) is 3.29. The first-order valence-corrected chi connectivity index (χ1v) is 5.61. The van der Waals surface area contributed by atoms with Crippen molar-refractivity contribution < 1.29 is 0 Å². The fourth-order valence-electron chi connectivity index (χ4n) is 2.39. The zero-order chi connectivity index (χ0) is 12.0. The van der Waals surface area contributed by atoms with Crippen molar-refractivity contribution in [3.63, 3.8) is 0 Å². The average molecular weight is 268 g/mol. The number of nitrogens with one attached hydrogen (secondary N) is 2.